The molecule has 15 heavy (non-hydrogen) atoms. The molecule has 0 aromatic carbocycles. The van der Waals surface area contributed by atoms with Crippen molar-refractivity contribution in [1.82, 2.24) is 14.8 Å². The molecule has 5 nitrogen and oxygen atoms in total. The zero-order valence-electron chi connectivity index (χ0n) is 8.38. The monoisotopic (exact) mass is 205 g/mol. The van der Waals surface area contributed by atoms with Crippen molar-refractivity contribution < 1.29 is 9.21 Å². The number of hydrogen-bond donors (Lipinski definition) is 0. The predicted octanol–water partition coefficient (Wildman–Crippen LogP) is 1.29. The summed E-state index contributed by atoms with van der Waals surface area (Å²) in [5, 5.41) is 7.74. The van der Waals surface area contributed by atoms with Gasteiger partial charge in [-0.25, -0.2) is 0 Å². The lowest BCUT2D eigenvalue weighted by Crippen LogP contribution is -2.02. The third kappa shape index (κ3) is 1.96. The van der Waals surface area contributed by atoms with Gasteiger partial charge in [-0.15, -0.1) is 10.2 Å². The van der Waals surface area contributed by atoms with E-state index < -0.39 is 0 Å². The van der Waals surface area contributed by atoms with Crippen LogP contribution in [0.3, 0.4) is 0 Å². The van der Waals surface area contributed by atoms with Crippen LogP contribution in [0.2, 0.25) is 0 Å². The topological polar surface area (TPSA) is 60.9 Å². The molecule has 0 aliphatic heterocycles. The van der Waals surface area contributed by atoms with Crippen molar-refractivity contribution in [1.29, 1.82) is 0 Å². The number of rotatable bonds is 4. The number of nitrogens with zero attached hydrogens (tertiary/aromatic N) is 3. The van der Waals surface area contributed by atoms with E-state index in [1.165, 1.54) is 0 Å². The van der Waals surface area contributed by atoms with E-state index in [9.17, 15) is 4.79 Å². The normalized spacial score (nSPS) is 10.5. The zero-order chi connectivity index (χ0) is 10.7. The molecule has 0 aliphatic rings. The number of carbonyl (C=O) groups excluding carboxylic acids is 1. The predicted molar refractivity (Wildman–Crippen MR) is 52.6 cm³/mol. The van der Waals surface area contributed by atoms with Gasteiger partial charge < -0.3 is 8.98 Å². The highest BCUT2D eigenvalue weighted by Gasteiger charge is 2.06. The molecule has 2 aromatic rings. The number of aryl methyl sites for hydroxylation is 1. The van der Waals surface area contributed by atoms with E-state index in [2.05, 4.69) is 10.2 Å². The summed E-state index contributed by atoms with van der Waals surface area (Å²) in [6, 6.07) is 3.55. The van der Waals surface area contributed by atoms with Crippen molar-refractivity contribution in [3.8, 4) is 0 Å². The van der Waals surface area contributed by atoms with Crippen LogP contribution in [0.4, 0.5) is 0 Å². The summed E-state index contributed by atoms with van der Waals surface area (Å²) >= 11 is 0. The first-order valence-electron chi connectivity index (χ1n) is 4.75. The molecule has 0 spiro atoms. The van der Waals surface area contributed by atoms with Gasteiger partial charge in [-0.2, -0.15) is 0 Å². The van der Waals surface area contributed by atoms with E-state index in [0.717, 1.165) is 12.7 Å². The Bertz CT molecular complexity index is 459. The largest absolute Gasteiger partial charge is 0.423 e. The molecule has 5 heteroatoms. The van der Waals surface area contributed by atoms with Gasteiger partial charge >= 0.3 is 0 Å². The summed E-state index contributed by atoms with van der Waals surface area (Å²) in [5.74, 6) is 1.14. The van der Waals surface area contributed by atoms with E-state index in [1.54, 1.807) is 22.9 Å². The molecule has 78 valence electrons. The molecule has 0 unspecified atom stereocenters. The third-order valence-electron chi connectivity index (χ3n) is 2.10. The summed E-state index contributed by atoms with van der Waals surface area (Å²) in [4.78, 5) is 10.7. The molecule has 0 amide bonds. The van der Waals surface area contributed by atoms with E-state index in [-0.39, 0.29) is 0 Å². The smallest absolute Gasteiger partial charge is 0.236 e. The van der Waals surface area contributed by atoms with Crippen molar-refractivity contribution in [3.05, 3.63) is 35.8 Å². The SMILES string of the molecule is CCc1nnc(Cn2cccc2C=O)o1. The quantitative estimate of drug-likeness (QED) is 0.706. The van der Waals surface area contributed by atoms with Crippen LogP contribution in [-0.4, -0.2) is 21.1 Å². The average molecular weight is 205 g/mol. The van der Waals surface area contributed by atoms with Crippen molar-refractivity contribution in [2.45, 2.75) is 19.9 Å². The van der Waals surface area contributed by atoms with Crippen LogP contribution in [0.15, 0.2) is 22.7 Å². The molecule has 0 saturated heterocycles. The van der Waals surface area contributed by atoms with Crippen molar-refractivity contribution in [3.63, 3.8) is 0 Å². The maximum atomic E-state index is 10.7. The number of aromatic nitrogens is 3. The molecule has 0 bridgehead atoms. The molecule has 2 heterocycles. The maximum absolute atomic E-state index is 10.7. The Morgan fingerprint density at radius 2 is 2.27 bits per heavy atom. The fourth-order valence-electron chi connectivity index (χ4n) is 1.32. The maximum Gasteiger partial charge on any atom is 0.236 e. The minimum atomic E-state index is 0.439. The van der Waals surface area contributed by atoms with Crippen LogP contribution in [-0.2, 0) is 13.0 Å². The molecule has 0 atom stereocenters. The highest BCUT2D eigenvalue weighted by Crippen LogP contribution is 2.06. The van der Waals surface area contributed by atoms with Gasteiger partial charge in [-0.05, 0) is 12.1 Å². The van der Waals surface area contributed by atoms with Crippen LogP contribution in [0.5, 0.6) is 0 Å². The molecule has 2 aromatic heterocycles. The second kappa shape index (κ2) is 4.08. The van der Waals surface area contributed by atoms with Gasteiger partial charge in [0.15, 0.2) is 6.29 Å². The third-order valence-corrected chi connectivity index (χ3v) is 2.10. The van der Waals surface area contributed by atoms with Gasteiger partial charge in [0.1, 0.15) is 6.54 Å². The Balaban J connectivity index is 2.17. The summed E-state index contributed by atoms with van der Waals surface area (Å²) in [6.07, 6.45) is 3.33. The van der Waals surface area contributed by atoms with E-state index in [0.29, 0.717) is 24.0 Å². The van der Waals surface area contributed by atoms with Gasteiger partial charge in [0.2, 0.25) is 11.8 Å². The minimum Gasteiger partial charge on any atom is -0.423 e. The second-order valence-electron chi connectivity index (χ2n) is 3.12. The van der Waals surface area contributed by atoms with Gasteiger partial charge in [0, 0.05) is 12.6 Å². The van der Waals surface area contributed by atoms with Crippen LogP contribution >= 0.6 is 0 Å². The van der Waals surface area contributed by atoms with Crippen molar-refractivity contribution in [2.24, 2.45) is 0 Å². The Kier molecular flexibility index (Phi) is 2.62. The molecule has 0 saturated carbocycles. The average Bonchev–Trinajstić information content (AvgIpc) is 2.87. The zero-order valence-corrected chi connectivity index (χ0v) is 8.38. The molecule has 0 N–H and O–H groups in total. The standard InChI is InChI=1S/C10H11N3O2/c1-2-9-11-12-10(15-9)6-13-5-3-4-8(13)7-14/h3-5,7H,2,6H2,1H3. The summed E-state index contributed by atoms with van der Waals surface area (Å²) in [7, 11) is 0. The van der Waals surface area contributed by atoms with E-state index >= 15 is 0 Å². The second-order valence-corrected chi connectivity index (χ2v) is 3.12. The summed E-state index contributed by atoms with van der Waals surface area (Å²) < 4.78 is 7.11. The lowest BCUT2D eigenvalue weighted by Gasteiger charge is -1.99. The Morgan fingerprint density at radius 1 is 1.47 bits per heavy atom. The highest BCUT2D eigenvalue weighted by atomic mass is 16.4. The summed E-state index contributed by atoms with van der Waals surface area (Å²) in [5.41, 5.74) is 0.603. The van der Waals surface area contributed by atoms with Gasteiger partial charge in [0.25, 0.3) is 0 Å². The van der Waals surface area contributed by atoms with Crippen LogP contribution < -0.4 is 0 Å². The van der Waals surface area contributed by atoms with Gasteiger partial charge in [0.05, 0.1) is 5.69 Å². The first-order chi connectivity index (χ1) is 7.33. The van der Waals surface area contributed by atoms with Crippen molar-refractivity contribution in [2.75, 3.05) is 0 Å². The lowest BCUT2D eigenvalue weighted by atomic mass is 10.4. The van der Waals surface area contributed by atoms with Crippen LogP contribution in [0, 0.1) is 0 Å². The Hall–Kier alpha value is -1.91. The molecule has 0 radical (unpaired) electrons. The molecular weight excluding hydrogens is 194 g/mol. The van der Waals surface area contributed by atoms with E-state index in [4.69, 9.17) is 4.42 Å². The van der Waals surface area contributed by atoms with Gasteiger partial charge in [-0.3, -0.25) is 4.79 Å². The first kappa shape index (κ1) is 9.64. The number of hydrogen-bond acceptors (Lipinski definition) is 4. The number of carbonyl (C=O) groups is 1. The molecule has 0 fully saturated rings. The number of aldehydes is 1. The molecule has 2 rings (SSSR count). The lowest BCUT2D eigenvalue weighted by molar-refractivity contribution is 0.111. The fourth-order valence-corrected chi connectivity index (χ4v) is 1.32. The summed E-state index contributed by atoms with van der Waals surface area (Å²) in [6.45, 7) is 2.39. The molecular formula is C10H11N3O2. The highest BCUT2D eigenvalue weighted by molar-refractivity contribution is 5.72. The van der Waals surface area contributed by atoms with Gasteiger partial charge in [-0.1, -0.05) is 6.92 Å². The van der Waals surface area contributed by atoms with Crippen molar-refractivity contribution >= 4 is 6.29 Å². The van der Waals surface area contributed by atoms with E-state index in [1.807, 2.05) is 6.92 Å². The first-order valence-corrected chi connectivity index (χ1v) is 4.75. The Labute approximate surface area is 86.7 Å². The Morgan fingerprint density at radius 3 is 2.93 bits per heavy atom. The van der Waals surface area contributed by atoms with Crippen LogP contribution in [0.25, 0.3) is 0 Å². The fraction of sp³-hybridized carbons (Fsp3) is 0.300. The van der Waals surface area contributed by atoms with Crippen LogP contribution in [0.1, 0.15) is 29.2 Å². The minimum absolute atomic E-state index is 0.439. The molecule has 0 aliphatic carbocycles.